The molecule has 14 heavy (non-hydrogen) atoms. The van der Waals surface area contributed by atoms with E-state index in [9.17, 15) is 4.79 Å². The van der Waals surface area contributed by atoms with Crippen LogP contribution < -0.4 is 11.1 Å². The number of aromatic nitrogens is 3. The molecule has 0 aromatic carbocycles. The van der Waals surface area contributed by atoms with Crippen molar-refractivity contribution < 1.29 is 4.79 Å². The zero-order chi connectivity index (χ0) is 10.6. The van der Waals surface area contributed by atoms with Gasteiger partial charge in [0.05, 0.1) is 6.54 Å². The highest BCUT2D eigenvalue weighted by Crippen LogP contribution is 1.92. The normalized spacial score (nSPS) is 9.79. The van der Waals surface area contributed by atoms with Crippen LogP contribution in [0, 0.1) is 0 Å². The number of nitrogens with one attached hydrogen (secondary N) is 1. The molecule has 1 amide bonds. The Balaban J connectivity index is 2.52. The van der Waals surface area contributed by atoms with E-state index in [0.29, 0.717) is 18.8 Å². The fraction of sp³-hybridized carbons (Fsp3) is 0.429. The lowest BCUT2D eigenvalue weighted by Gasteiger charge is -1.98. The lowest BCUT2D eigenvalue weighted by Crippen LogP contribution is -2.20. The third-order valence-corrected chi connectivity index (χ3v) is 1.79. The second kappa shape index (κ2) is 4.66. The standard InChI is InChI=1S/C7H11N5OS/c1-9-5(13)2-3-12-4-10-7(11-12)6(8)14/h4H,2-3H2,1H3,(H2,8,14)(H,9,13). The van der Waals surface area contributed by atoms with Crippen molar-refractivity contribution in [3.8, 4) is 0 Å². The zero-order valence-electron chi connectivity index (χ0n) is 7.73. The molecule has 76 valence electrons. The third-order valence-electron chi connectivity index (χ3n) is 1.60. The first-order chi connectivity index (χ1) is 6.63. The van der Waals surface area contributed by atoms with Crippen LogP contribution in [0.1, 0.15) is 12.2 Å². The van der Waals surface area contributed by atoms with Crippen molar-refractivity contribution in [2.45, 2.75) is 13.0 Å². The van der Waals surface area contributed by atoms with Crippen LogP contribution in [0.3, 0.4) is 0 Å². The fourth-order valence-corrected chi connectivity index (χ4v) is 0.950. The van der Waals surface area contributed by atoms with Gasteiger partial charge in [0.1, 0.15) is 11.3 Å². The summed E-state index contributed by atoms with van der Waals surface area (Å²) in [6, 6.07) is 0. The van der Waals surface area contributed by atoms with E-state index < -0.39 is 0 Å². The summed E-state index contributed by atoms with van der Waals surface area (Å²) in [5, 5.41) is 6.49. The first-order valence-corrected chi connectivity index (χ1v) is 4.44. The van der Waals surface area contributed by atoms with Crippen LogP contribution in [0.5, 0.6) is 0 Å². The Bertz CT molecular complexity index is 348. The van der Waals surface area contributed by atoms with Crippen molar-refractivity contribution in [2.24, 2.45) is 5.73 Å². The number of rotatable bonds is 4. The molecule has 1 rings (SSSR count). The molecule has 0 aliphatic heterocycles. The molecular formula is C7H11N5OS. The van der Waals surface area contributed by atoms with Gasteiger partial charge >= 0.3 is 0 Å². The van der Waals surface area contributed by atoms with Gasteiger partial charge in [-0.2, -0.15) is 0 Å². The van der Waals surface area contributed by atoms with Crippen LogP contribution in [0.4, 0.5) is 0 Å². The summed E-state index contributed by atoms with van der Waals surface area (Å²) in [5.74, 6) is 0.286. The highest BCUT2D eigenvalue weighted by atomic mass is 32.1. The van der Waals surface area contributed by atoms with Gasteiger partial charge in [-0.25, -0.2) is 4.98 Å². The quantitative estimate of drug-likeness (QED) is 0.630. The van der Waals surface area contributed by atoms with E-state index in [1.54, 1.807) is 7.05 Å². The molecule has 0 aliphatic carbocycles. The van der Waals surface area contributed by atoms with Gasteiger partial charge in [0, 0.05) is 13.5 Å². The van der Waals surface area contributed by atoms with Crippen LogP contribution in [0.15, 0.2) is 6.33 Å². The minimum atomic E-state index is -0.0441. The van der Waals surface area contributed by atoms with Crippen molar-refractivity contribution in [1.82, 2.24) is 20.1 Å². The summed E-state index contributed by atoms with van der Waals surface area (Å²) in [4.78, 5) is 14.9. The van der Waals surface area contributed by atoms with Gasteiger partial charge in [-0.15, -0.1) is 5.10 Å². The topological polar surface area (TPSA) is 85.8 Å². The van der Waals surface area contributed by atoms with Crippen molar-refractivity contribution in [2.75, 3.05) is 7.05 Å². The number of amides is 1. The zero-order valence-corrected chi connectivity index (χ0v) is 8.54. The van der Waals surface area contributed by atoms with Crippen molar-refractivity contribution in [3.63, 3.8) is 0 Å². The molecule has 0 spiro atoms. The van der Waals surface area contributed by atoms with Gasteiger partial charge in [0.15, 0.2) is 0 Å². The van der Waals surface area contributed by atoms with Gasteiger partial charge in [-0.3, -0.25) is 9.48 Å². The maximum atomic E-state index is 10.9. The van der Waals surface area contributed by atoms with Crippen LogP contribution in [0.2, 0.25) is 0 Å². The summed E-state index contributed by atoms with van der Waals surface area (Å²) in [6.45, 7) is 0.468. The van der Waals surface area contributed by atoms with Gasteiger partial charge in [0.25, 0.3) is 0 Å². The van der Waals surface area contributed by atoms with Gasteiger partial charge in [-0.1, -0.05) is 12.2 Å². The Morgan fingerprint density at radius 1 is 1.79 bits per heavy atom. The molecule has 3 N–H and O–H groups in total. The van der Waals surface area contributed by atoms with E-state index in [1.807, 2.05) is 0 Å². The monoisotopic (exact) mass is 213 g/mol. The highest BCUT2D eigenvalue weighted by molar-refractivity contribution is 7.80. The molecule has 6 nitrogen and oxygen atoms in total. The second-order valence-electron chi connectivity index (χ2n) is 2.62. The number of carbonyl (C=O) groups excluding carboxylic acids is 1. The molecule has 0 bridgehead atoms. The van der Waals surface area contributed by atoms with E-state index in [1.165, 1.54) is 11.0 Å². The number of hydrogen-bond acceptors (Lipinski definition) is 4. The van der Waals surface area contributed by atoms with Crippen LogP contribution in [0.25, 0.3) is 0 Å². The average Bonchev–Trinajstić information content (AvgIpc) is 2.62. The summed E-state index contributed by atoms with van der Waals surface area (Å²) < 4.78 is 1.53. The Kier molecular flexibility index (Phi) is 3.52. The minimum Gasteiger partial charge on any atom is -0.387 e. The van der Waals surface area contributed by atoms with E-state index in [0.717, 1.165) is 0 Å². The highest BCUT2D eigenvalue weighted by Gasteiger charge is 2.04. The van der Waals surface area contributed by atoms with E-state index in [2.05, 4.69) is 15.4 Å². The van der Waals surface area contributed by atoms with Crippen LogP contribution in [-0.2, 0) is 11.3 Å². The predicted octanol–water partition coefficient (Wildman–Crippen LogP) is -0.952. The number of thiocarbonyl (C=S) groups is 1. The van der Waals surface area contributed by atoms with E-state index >= 15 is 0 Å². The largest absolute Gasteiger partial charge is 0.387 e. The number of carbonyl (C=O) groups is 1. The first-order valence-electron chi connectivity index (χ1n) is 4.03. The summed E-state index contributed by atoms with van der Waals surface area (Å²) in [6.07, 6.45) is 1.86. The fourth-order valence-electron chi connectivity index (χ4n) is 0.856. The Hall–Kier alpha value is -1.50. The molecule has 1 aromatic heterocycles. The number of nitrogens with zero attached hydrogens (tertiary/aromatic N) is 3. The van der Waals surface area contributed by atoms with Crippen LogP contribution >= 0.6 is 12.2 Å². The lowest BCUT2D eigenvalue weighted by molar-refractivity contribution is -0.120. The van der Waals surface area contributed by atoms with Gasteiger partial charge in [0.2, 0.25) is 11.7 Å². The number of aryl methyl sites for hydroxylation is 1. The molecule has 1 aromatic rings. The second-order valence-corrected chi connectivity index (χ2v) is 3.06. The van der Waals surface area contributed by atoms with Crippen molar-refractivity contribution in [3.05, 3.63) is 12.2 Å². The molecular weight excluding hydrogens is 202 g/mol. The molecule has 0 radical (unpaired) electrons. The Morgan fingerprint density at radius 3 is 3.00 bits per heavy atom. The molecule has 1 heterocycles. The van der Waals surface area contributed by atoms with Gasteiger partial charge < -0.3 is 11.1 Å². The maximum absolute atomic E-state index is 10.9. The first kappa shape index (κ1) is 10.6. The minimum absolute atomic E-state index is 0.0441. The third kappa shape index (κ3) is 2.77. The summed E-state index contributed by atoms with van der Waals surface area (Å²) in [7, 11) is 1.59. The average molecular weight is 213 g/mol. The molecule has 0 unspecified atom stereocenters. The maximum Gasteiger partial charge on any atom is 0.221 e. The van der Waals surface area contributed by atoms with Crippen LogP contribution in [-0.4, -0.2) is 32.7 Å². The molecule has 0 atom stereocenters. The molecule has 7 heteroatoms. The number of hydrogen-bond donors (Lipinski definition) is 2. The summed E-state index contributed by atoms with van der Waals surface area (Å²) >= 11 is 4.69. The lowest BCUT2D eigenvalue weighted by atomic mass is 10.4. The molecule has 0 fully saturated rings. The molecule has 0 saturated heterocycles. The van der Waals surface area contributed by atoms with E-state index in [-0.39, 0.29) is 10.9 Å². The van der Waals surface area contributed by atoms with E-state index in [4.69, 9.17) is 18.0 Å². The molecule has 0 aliphatic rings. The smallest absolute Gasteiger partial charge is 0.221 e. The van der Waals surface area contributed by atoms with Gasteiger partial charge in [-0.05, 0) is 0 Å². The molecule has 0 saturated carbocycles. The van der Waals surface area contributed by atoms with Crippen molar-refractivity contribution in [1.29, 1.82) is 0 Å². The summed E-state index contributed by atoms with van der Waals surface area (Å²) in [5.41, 5.74) is 5.32. The number of nitrogens with two attached hydrogens (primary N) is 1. The Morgan fingerprint density at radius 2 is 2.50 bits per heavy atom. The Labute approximate surface area is 86.5 Å². The SMILES string of the molecule is CNC(=O)CCn1cnc(C(N)=S)n1. The predicted molar refractivity (Wildman–Crippen MR) is 54.6 cm³/mol. The van der Waals surface area contributed by atoms with Crippen molar-refractivity contribution >= 4 is 23.1 Å².